The van der Waals surface area contributed by atoms with Crippen molar-refractivity contribution in [3.8, 4) is 10.6 Å². The molecule has 1 aliphatic heterocycles. The molecular weight excluding hydrogens is 420 g/mol. The highest BCUT2D eigenvalue weighted by molar-refractivity contribution is 7.98. The minimum atomic E-state index is -0.813. The summed E-state index contributed by atoms with van der Waals surface area (Å²) in [4.78, 5) is 40.3. The number of amides is 3. The normalized spacial score (nSPS) is 22.1. The maximum atomic E-state index is 13.1. The van der Waals surface area contributed by atoms with Crippen LogP contribution in [0.5, 0.6) is 0 Å². The molecule has 1 saturated carbocycles. The lowest BCUT2D eigenvalue weighted by molar-refractivity contribution is -0.146. The molecule has 1 aliphatic carbocycles. The summed E-state index contributed by atoms with van der Waals surface area (Å²) < 4.78 is 0. The third-order valence-electron chi connectivity index (χ3n) is 5.76. The Morgan fingerprint density at radius 2 is 1.83 bits per heavy atom. The number of thioether (sulfide) groups is 1. The van der Waals surface area contributed by atoms with Crippen molar-refractivity contribution in [1.29, 1.82) is 0 Å². The highest BCUT2D eigenvalue weighted by atomic mass is 32.2. The van der Waals surface area contributed by atoms with Gasteiger partial charge >= 0.3 is 0 Å². The van der Waals surface area contributed by atoms with E-state index in [1.165, 1.54) is 16.2 Å². The number of nitrogens with zero attached hydrogens (tertiary/aromatic N) is 3. The van der Waals surface area contributed by atoms with Crippen LogP contribution in [-0.4, -0.2) is 50.9 Å². The summed E-state index contributed by atoms with van der Waals surface area (Å²) in [5.41, 5.74) is 0.920. The fraction of sp³-hybridized carbons (Fsp3) is 0.476. The van der Waals surface area contributed by atoms with Gasteiger partial charge in [0.15, 0.2) is 0 Å². The quantitative estimate of drug-likeness (QED) is 0.658. The van der Waals surface area contributed by atoms with Crippen LogP contribution in [0.15, 0.2) is 30.3 Å². The number of rotatable bonds is 7. The van der Waals surface area contributed by atoms with Crippen LogP contribution in [0.25, 0.3) is 10.6 Å². The lowest BCUT2D eigenvalue weighted by atomic mass is 9.81. The van der Waals surface area contributed by atoms with Gasteiger partial charge in [0.2, 0.25) is 22.9 Å². The average Bonchev–Trinajstić information content (AvgIpc) is 3.33. The smallest absolute Gasteiger partial charge is 0.249 e. The molecule has 7 nitrogen and oxygen atoms in total. The van der Waals surface area contributed by atoms with Crippen molar-refractivity contribution < 1.29 is 14.4 Å². The minimum absolute atomic E-state index is 0.187. The van der Waals surface area contributed by atoms with Gasteiger partial charge in [-0.1, -0.05) is 54.5 Å². The number of fused-ring (bicyclic) bond motifs is 1. The number of imide groups is 1. The molecule has 1 aromatic carbocycles. The molecule has 1 N–H and O–H groups in total. The van der Waals surface area contributed by atoms with Gasteiger partial charge in [0.05, 0.1) is 11.8 Å². The van der Waals surface area contributed by atoms with Crippen LogP contribution in [-0.2, 0) is 14.4 Å². The summed E-state index contributed by atoms with van der Waals surface area (Å²) >= 11 is 2.86. The molecule has 1 aromatic heterocycles. The van der Waals surface area contributed by atoms with Gasteiger partial charge < -0.3 is 0 Å². The molecule has 1 saturated heterocycles. The van der Waals surface area contributed by atoms with Crippen molar-refractivity contribution in [2.45, 2.75) is 38.1 Å². The second-order valence-corrected chi connectivity index (χ2v) is 9.57. The summed E-state index contributed by atoms with van der Waals surface area (Å²) in [6.45, 7) is 0. The number of carbonyl (C=O) groups excluding carboxylic acids is 3. The van der Waals surface area contributed by atoms with Gasteiger partial charge in [-0.2, -0.15) is 11.8 Å². The third-order valence-corrected chi connectivity index (χ3v) is 7.29. The molecule has 2 aromatic rings. The Hall–Kier alpha value is -2.26. The van der Waals surface area contributed by atoms with E-state index in [9.17, 15) is 14.4 Å². The Morgan fingerprint density at radius 1 is 1.17 bits per heavy atom. The van der Waals surface area contributed by atoms with E-state index in [2.05, 4.69) is 15.5 Å². The maximum absolute atomic E-state index is 13.1. The van der Waals surface area contributed by atoms with Crippen LogP contribution in [0.2, 0.25) is 0 Å². The van der Waals surface area contributed by atoms with Crippen LogP contribution in [0, 0.1) is 11.8 Å². The monoisotopic (exact) mass is 444 g/mol. The van der Waals surface area contributed by atoms with Gasteiger partial charge in [-0.05, 0) is 31.3 Å². The van der Waals surface area contributed by atoms with E-state index in [1.54, 1.807) is 11.8 Å². The molecule has 4 rings (SSSR count). The first kappa shape index (κ1) is 21.0. The zero-order valence-electron chi connectivity index (χ0n) is 16.7. The first-order chi connectivity index (χ1) is 14.6. The van der Waals surface area contributed by atoms with Crippen LogP contribution in [0.4, 0.5) is 5.13 Å². The second-order valence-electron chi connectivity index (χ2n) is 7.61. The van der Waals surface area contributed by atoms with Crippen molar-refractivity contribution in [2.75, 3.05) is 17.3 Å². The van der Waals surface area contributed by atoms with Crippen LogP contribution in [0.1, 0.15) is 32.1 Å². The first-order valence-corrected chi connectivity index (χ1v) is 12.4. The summed E-state index contributed by atoms with van der Waals surface area (Å²) in [6, 6.07) is 8.79. The van der Waals surface area contributed by atoms with E-state index in [0.717, 1.165) is 31.2 Å². The van der Waals surface area contributed by atoms with Gasteiger partial charge in [0.1, 0.15) is 11.0 Å². The molecule has 9 heteroatoms. The molecule has 3 amide bonds. The fourth-order valence-electron chi connectivity index (χ4n) is 4.26. The van der Waals surface area contributed by atoms with Gasteiger partial charge in [-0.25, -0.2) is 0 Å². The van der Waals surface area contributed by atoms with Crippen molar-refractivity contribution >= 4 is 46.0 Å². The predicted octanol–water partition coefficient (Wildman–Crippen LogP) is 3.44. The molecule has 3 atom stereocenters. The Kier molecular flexibility index (Phi) is 6.48. The van der Waals surface area contributed by atoms with E-state index in [-0.39, 0.29) is 29.6 Å². The molecule has 2 fully saturated rings. The number of aromatic nitrogens is 2. The number of carbonyl (C=O) groups is 3. The number of hydrogen-bond donors (Lipinski definition) is 1. The average molecular weight is 445 g/mol. The van der Waals surface area contributed by atoms with E-state index in [0.29, 0.717) is 22.3 Å². The van der Waals surface area contributed by atoms with E-state index in [1.807, 2.05) is 36.6 Å². The maximum Gasteiger partial charge on any atom is 0.249 e. The first-order valence-electron chi connectivity index (χ1n) is 10.2. The standard InChI is InChI=1S/C21H24N4O3S2/c1-29-12-11-16(25-19(27)14-9-5-6-10-15(14)20(25)28)17(26)22-21-24-23-18(30-21)13-7-3-2-4-8-13/h2-4,7-8,14-16H,5-6,9-12H2,1H3,(H,22,24,26). The molecule has 0 spiro atoms. The number of nitrogens with one attached hydrogen (secondary N) is 1. The Labute approximate surface area is 183 Å². The SMILES string of the molecule is CSCCC(C(=O)Nc1nnc(-c2ccccc2)s1)N1C(=O)C2CCCCC2C1=O. The number of likely N-dealkylation sites (tertiary alicyclic amines) is 1. The Balaban J connectivity index is 1.52. The molecular formula is C21H24N4O3S2. The molecule has 30 heavy (non-hydrogen) atoms. The lowest BCUT2D eigenvalue weighted by Crippen LogP contribution is -2.48. The highest BCUT2D eigenvalue weighted by Crippen LogP contribution is 2.39. The van der Waals surface area contributed by atoms with Crippen LogP contribution < -0.4 is 5.32 Å². The fourth-order valence-corrected chi connectivity index (χ4v) is 5.47. The molecule has 0 bridgehead atoms. The molecule has 2 heterocycles. The summed E-state index contributed by atoms with van der Waals surface area (Å²) in [5, 5.41) is 12.1. The topological polar surface area (TPSA) is 92.3 Å². The summed E-state index contributed by atoms with van der Waals surface area (Å²) in [5.74, 6) is -0.596. The number of hydrogen-bond acceptors (Lipinski definition) is 7. The zero-order chi connectivity index (χ0) is 21.1. The van der Waals surface area contributed by atoms with Crippen molar-refractivity contribution in [1.82, 2.24) is 15.1 Å². The Bertz CT molecular complexity index is 909. The number of anilines is 1. The van der Waals surface area contributed by atoms with Gasteiger partial charge in [-0.3, -0.25) is 24.6 Å². The largest absolute Gasteiger partial charge is 0.299 e. The Morgan fingerprint density at radius 3 is 2.47 bits per heavy atom. The number of benzene rings is 1. The second kappa shape index (κ2) is 9.26. The summed E-state index contributed by atoms with van der Waals surface area (Å²) in [6.07, 6.45) is 5.76. The highest BCUT2D eigenvalue weighted by Gasteiger charge is 2.51. The van der Waals surface area contributed by atoms with Gasteiger partial charge in [0, 0.05) is 5.56 Å². The van der Waals surface area contributed by atoms with Crippen LogP contribution in [0.3, 0.4) is 0 Å². The van der Waals surface area contributed by atoms with Crippen molar-refractivity contribution in [3.63, 3.8) is 0 Å². The van der Waals surface area contributed by atoms with E-state index >= 15 is 0 Å². The molecule has 3 unspecified atom stereocenters. The van der Waals surface area contributed by atoms with Gasteiger partial charge in [-0.15, -0.1) is 10.2 Å². The minimum Gasteiger partial charge on any atom is -0.299 e. The summed E-state index contributed by atoms with van der Waals surface area (Å²) in [7, 11) is 0. The lowest BCUT2D eigenvalue weighted by Gasteiger charge is -2.25. The van der Waals surface area contributed by atoms with Crippen molar-refractivity contribution in [2.24, 2.45) is 11.8 Å². The van der Waals surface area contributed by atoms with Gasteiger partial charge in [0.25, 0.3) is 0 Å². The zero-order valence-corrected chi connectivity index (χ0v) is 18.4. The van der Waals surface area contributed by atoms with Crippen molar-refractivity contribution in [3.05, 3.63) is 30.3 Å². The van der Waals surface area contributed by atoms with E-state index in [4.69, 9.17) is 0 Å². The molecule has 2 aliphatic rings. The molecule has 0 radical (unpaired) electrons. The van der Waals surface area contributed by atoms with Crippen LogP contribution >= 0.6 is 23.1 Å². The van der Waals surface area contributed by atoms with E-state index < -0.39 is 6.04 Å². The molecule has 158 valence electrons. The predicted molar refractivity (Wildman–Crippen MR) is 118 cm³/mol. The third kappa shape index (κ3) is 4.13.